The molecular weight excluding hydrogens is 224 g/mol. The van der Waals surface area contributed by atoms with E-state index in [0.29, 0.717) is 0 Å². The molecule has 0 aliphatic carbocycles. The normalized spacial score (nSPS) is 20.9. The van der Waals surface area contributed by atoms with Crippen molar-refractivity contribution < 1.29 is 4.74 Å². The molecule has 0 saturated carbocycles. The van der Waals surface area contributed by atoms with Crippen LogP contribution in [-0.4, -0.2) is 12.7 Å². The van der Waals surface area contributed by atoms with Crippen molar-refractivity contribution >= 4 is 0 Å². The van der Waals surface area contributed by atoms with Gasteiger partial charge in [0, 0.05) is 12.5 Å². The van der Waals surface area contributed by atoms with Crippen LogP contribution in [0.2, 0.25) is 0 Å². The summed E-state index contributed by atoms with van der Waals surface area (Å²) in [7, 11) is 0. The van der Waals surface area contributed by atoms with E-state index in [4.69, 9.17) is 15.3 Å². The number of hydrogen-bond acceptors (Lipinski definition) is 3. The fraction of sp³-hybridized carbons (Fsp3) is 0.467. The van der Waals surface area contributed by atoms with Crippen LogP contribution in [0.15, 0.2) is 30.3 Å². The molecule has 1 aliphatic rings. The summed E-state index contributed by atoms with van der Waals surface area (Å²) in [5.41, 5.74) is 1.03. The predicted molar refractivity (Wildman–Crippen MR) is 67.5 cm³/mol. The summed E-state index contributed by atoms with van der Waals surface area (Å²) in [4.78, 5) is 0. The van der Waals surface area contributed by atoms with Crippen LogP contribution in [0, 0.1) is 28.6 Å². The summed E-state index contributed by atoms with van der Waals surface area (Å²) >= 11 is 0. The summed E-state index contributed by atoms with van der Waals surface area (Å²) in [5, 5.41) is 18.3. The van der Waals surface area contributed by atoms with Gasteiger partial charge in [-0.15, -0.1) is 0 Å². The molecule has 1 aromatic rings. The molecule has 3 heteroatoms. The highest BCUT2D eigenvalue weighted by molar-refractivity contribution is 5.26. The van der Waals surface area contributed by atoms with E-state index in [1.807, 2.05) is 30.3 Å². The predicted octanol–water partition coefficient (Wildman–Crippen LogP) is 3.00. The van der Waals surface area contributed by atoms with Crippen molar-refractivity contribution in [2.75, 3.05) is 6.61 Å². The van der Waals surface area contributed by atoms with Crippen LogP contribution in [0.5, 0.6) is 0 Å². The molecule has 92 valence electrons. The summed E-state index contributed by atoms with van der Waals surface area (Å²) < 4.78 is 5.78. The number of hydrogen-bond donors (Lipinski definition) is 0. The first-order chi connectivity index (χ1) is 8.86. The molecule has 2 atom stereocenters. The Hall–Kier alpha value is -1.84. The number of nitrogens with zero attached hydrogens (tertiary/aromatic N) is 2. The summed E-state index contributed by atoms with van der Waals surface area (Å²) in [6.45, 7) is 0.734. The molecule has 0 bridgehead atoms. The molecule has 1 aromatic carbocycles. The van der Waals surface area contributed by atoms with Gasteiger partial charge in [-0.05, 0) is 24.8 Å². The van der Waals surface area contributed by atoms with Gasteiger partial charge in [0.15, 0.2) is 0 Å². The van der Waals surface area contributed by atoms with Crippen LogP contribution in [0.4, 0.5) is 0 Å². The Morgan fingerprint density at radius 2 is 1.83 bits per heavy atom. The molecule has 1 aliphatic heterocycles. The first-order valence-electron chi connectivity index (χ1n) is 6.32. The van der Waals surface area contributed by atoms with E-state index in [9.17, 15) is 0 Å². The van der Waals surface area contributed by atoms with E-state index in [2.05, 4.69) is 12.1 Å². The fourth-order valence-corrected chi connectivity index (χ4v) is 2.54. The molecule has 0 spiro atoms. The smallest absolute Gasteiger partial charge is 0.142 e. The Kier molecular flexibility index (Phi) is 4.34. The van der Waals surface area contributed by atoms with Gasteiger partial charge in [0.05, 0.1) is 18.2 Å². The molecule has 2 unspecified atom stereocenters. The maximum absolute atomic E-state index is 9.16. The molecule has 3 nitrogen and oxygen atoms in total. The Morgan fingerprint density at radius 1 is 1.11 bits per heavy atom. The Balaban J connectivity index is 2.29. The van der Waals surface area contributed by atoms with Gasteiger partial charge in [0.25, 0.3) is 0 Å². The van der Waals surface area contributed by atoms with E-state index in [-0.39, 0.29) is 12.0 Å². The van der Waals surface area contributed by atoms with E-state index >= 15 is 0 Å². The number of rotatable bonds is 3. The topological polar surface area (TPSA) is 56.8 Å². The van der Waals surface area contributed by atoms with Gasteiger partial charge >= 0.3 is 0 Å². The molecular formula is C15H16N2O. The average Bonchev–Trinajstić information content (AvgIpc) is 2.46. The lowest BCUT2D eigenvalue weighted by atomic mass is 9.81. The van der Waals surface area contributed by atoms with Gasteiger partial charge < -0.3 is 4.74 Å². The molecule has 18 heavy (non-hydrogen) atoms. The third kappa shape index (κ3) is 2.70. The zero-order valence-corrected chi connectivity index (χ0v) is 10.2. The van der Waals surface area contributed by atoms with Crippen molar-refractivity contribution in [3.63, 3.8) is 0 Å². The summed E-state index contributed by atoms with van der Waals surface area (Å²) in [6, 6.07) is 14.0. The lowest BCUT2D eigenvalue weighted by Crippen LogP contribution is -2.30. The maximum Gasteiger partial charge on any atom is 0.142 e. The Morgan fingerprint density at radius 3 is 2.39 bits per heavy atom. The van der Waals surface area contributed by atoms with Crippen LogP contribution in [0.25, 0.3) is 0 Å². The molecule has 0 N–H and O–H groups in total. The standard InChI is InChI=1S/C15H16N2O/c16-10-13(11-17)15(12-6-2-1-3-7-12)14-8-4-5-9-18-14/h1-3,6-7,13-15H,4-5,8-9H2. The first-order valence-corrected chi connectivity index (χ1v) is 6.32. The van der Waals surface area contributed by atoms with Crippen LogP contribution < -0.4 is 0 Å². The second kappa shape index (κ2) is 6.19. The number of benzene rings is 1. The van der Waals surface area contributed by atoms with Gasteiger partial charge in [0.1, 0.15) is 5.92 Å². The minimum atomic E-state index is -0.643. The third-order valence-electron chi connectivity index (χ3n) is 3.44. The van der Waals surface area contributed by atoms with Gasteiger partial charge in [-0.25, -0.2) is 0 Å². The SMILES string of the molecule is N#CC(C#N)C(c1ccccc1)C1CCCCO1. The van der Waals surface area contributed by atoms with Gasteiger partial charge in [-0.2, -0.15) is 10.5 Å². The Bertz CT molecular complexity index is 438. The lowest BCUT2D eigenvalue weighted by molar-refractivity contribution is -0.00510. The zero-order chi connectivity index (χ0) is 12.8. The van der Waals surface area contributed by atoms with Crippen molar-refractivity contribution in [2.24, 2.45) is 5.92 Å². The fourth-order valence-electron chi connectivity index (χ4n) is 2.54. The van der Waals surface area contributed by atoms with Gasteiger partial charge in [-0.3, -0.25) is 0 Å². The maximum atomic E-state index is 9.16. The minimum Gasteiger partial charge on any atom is -0.377 e. The van der Waals surface area contributed by atoms with Crippen molar-refractivity contribution in [3.05, 3.63) is 35.9 Å². The van der Waals surface area contributed by atoms with Crippen molar-refractivity contribution in [1.29, 1.82) is 10.5 Å². The van der Waals surface area contributed by atoms with Crippen molar-refractivity contribution in [1.82, 2.24) is 0 Å². The lowest BCUT2D eigenvalue weighted by Gasteiger charge is -2.31. The Labute approximate surface area is 108 Å². The molecule has 0 amide bonds. The quantitative estimate of drug-likeness (QED) is 0.816. The van der Waals surface area contributed by atoms with Crippen LogP contribution >= 0.6 is 0 Å². The minimum absolute atomic E-state index is 0.00884. The molecule has 0 aromatic heterocycles. The molecule has 1 heterocycles. The highest BCUT2D eigenvalue weighted by Crippen LogP contribution is 2.34. The molecule has 2 rings (SSSR count). The second-order valence-electron chi connectivity index (χ2n) is 4.58. The monoisotopic (exact) mass is 240 g/mol. The second-order valence-corrected chi connectivity index (χ2v) is 4.58. The number of nitriles is 2. The summed E-state index contributed by atoms with van der Waals surface area (Å²) in [6.07, 6.45) is 3.10. The van der Waals surface area contributed by atoms with E-state index in [0.717, 1.165) is 31.4 Å². The van der Waals surface area contributed by atoms with Crippen molar-refractivity contribution in [3.8, 4) is 12.1 Å². The third-order valence-corrected chi connectivity index (χ3v) is 3.44. The van der Waals surface area contributed by atoms with Crippen LogP contribution in [0.1, 0.15) is 30.7 Å². The van der Waals surface area contributed by atoms with E-state index < -0.39 is 5.92 Å². The number of ether oxygens (including phenoxy) is 1. The highest BCUT2D eigenvalue weighted by Gasteiger charge is 2.32. The summed E-state index contributed by atoms with van der Waals surface area (Å²) in [5.74, 6) is -0.781. The first kappa shape index (κ1) is 12.6. The van der Waals surface area contributed by atoms with Crippen LogP contribution in [-0.2, 0) is 4.74 Å². The molecule has 0 radical (unpaired) electrons. The zero-order valence-electron chi connectivity index (χ0n) is 10.2. The van der Waals surface area contributed by atoms with Crippen molar-refractivity contribution in [2.45, 2.75) is 31.3 Å². The highest BCUT2D eigenvalue weighted by atomic mass is 16.5. The largest absolute Gasteiger partial charge is 0.377 e. The van der Waals surface area contributed by atoms with Gasteiger partial charge in [-0.1, -0.05) is 30.3 Å². The molecule has 1 fully saturated rings. The average molecular weight is 240 g/mol. The molecule has 1 saturated heterocycles. The van der Waals surface area contributed by atoms with Gasteiger partial charge in [0.2, 0.25) is 0 Å². The van der Waals surface area contributed by atoms with E-state index in [1.54, 1.807) is 0 Å². The van der Waals surface area contributed by atoms with Crippen LogP contribution in [0.3, 0.4) is 0 Å². The van der Waals surface area contributed by atoms with E-state index in [1.165, 1.54) is 0 Å².